The number of hydrogen-bond donors (Lipinski definition) is 3. The van der Waals surface area contributed by atoms with Crippen molar-refractivity contribution in [3.63, 3.8) is 0 Å². The number of aryl methyl sites for hydroxylation is 3. The van der Waals surface area contributed by atoms with Crippen LogP contribution in [0.5, 0.6) is 0 Å². The molecule has 4 aromatic rings. The van der Waals surface area contributed by atoms with Crippen LogP contribution in [0.1, 0.15) is 78.1 Å². The molecule has 0 saturated heterocycles. The molecule has 2 aliphatic heterocycles. The zero-order chi connectivity index (χ0) is 33.8. The van der Waals surface area contributed by atoms with Crippen LogP contribution in [0.4, 0.5) is 0 Å². The third-order valence-corrected chi connectivity index (χ3v) is 8.56. The molecule has 10 heteroatoms. The van der Waals surface area contributed by atoms with E-state index in [0.717, 1.165) is 61.5 Å². The summed E-state index contributed by atoms with van der Waals surface area (Å²) < 4.78 is 0. The molecule has 0 amide bonds. The number of allylic oxidation sites excluding steroid dienone is 5. The molecule has 48 heavy (non-hydrogen) atoms. The van der Waals surface area contributed by atoms with Crippen LogP contribution in [0.3, 0.4) is 0 Å². The first-order chi connectivity index (χ1) is 22.5. The van der Waals surface area contributed by atoms with Crippen molar-refractivity contribution in [2.24, 2.45) is 0 Å². The smallest absolute Gasteiger partial charge is 0.657 e. The van der Waals surface area contributed by atoms with Crippen LogP contribution in [0.15, 0.2) is 68.0 Å². The number of nitrogens with one attached hydrogen (secondary N) is 1. The van der Waals surface area contributed by atoms with Crippen molar-refractivity contribution in [1.82, 2.24) is 24.9 Å². The maximum Gasteiger partial charge on any atom is 2.00 e. The standard InChI is InChI=1S/C34H34N4O4.C4H5N.Fe/c1-7-21-17(3)25-13-26-19(5)23(9-11-33(39)40)31(37-26)16-32-24(10-12-34(41)42)20(6)28(38-32)15-30-22(8-2)18(4)27(36-30)14-29(21)35-25;1-2-4-5-3-1;/h7-8,13-16H,1-2,9-12H2,3-6H3,(H4,35,36,37,38,39,40,41,42);1-5H;/q;;+2/p-2. The minimum Gasteiger partial charge on any atom is -0.657 e. The van der Waals surface area contributed by atoms with Crippen molar-refractivity contribution >= 4 is 62.4 Å². The summed E-state index contributed by atoms with van der Waals surface area (Å²) in [5.41, 5.74) is 12.6. The number of aromatic amines is 1. The number of hydrogen-bond acceptors (Lipinski definition) is 4. The van der Waals surface area contributed by atoms with Crippen molar-refractivity contribution in [2.45, 2.75) is 53.4 Å². The normalized spacial score (nSPS) is 12.2. The number of rotatable bonds is 8. The molecule has 0 aromatic carbocycles. The van der Waals surface area contributed by atoms with Gasteiger partial charge in [-0.2, -0.15) is 0 Å². The van der Waals surface area contributed by atoms with Crippen molar-refractivity contribution < 1.29 is 36.9 Å². The molecular formula is C38H37FeN5O4. The number of aromatic nitrogens is 5. The van der Waals surface area contributed by atoms with Crippen LogP contribution in [-0.2, 0) is 33.1 Å². The Kier molecular flexibility index (Phi) is 11.3. The van der Waals surface area contributed by atoms with Crippen LogP contribution in [-0.4, -0.2) is 37.1 Å². The number of carboxylic acids is 2. The van der Waals surface area contributed by atoms with Gasteiger partial charge in [0.2, 0.25) is 0 Å². The largest absolute Gasteiger partial charge is 2.00 e. The maximum atomic E-state index is 11.5. The summed E-state index contributed by atoms with van der Waals surface area (Å²) in [6.07, 6.45) is 7.81. The first-order valence-corrected chi connectivity index (χ1v) is 15.3. The van der Waals surface area contributed by atoms with Gasteiger partial charge in [0, 0.05) is 30.8 Å². The second-order valence-corrected chi connectivity index (χ2v) is 11.5. The van der Waals surface area contributed by atoms with E-state index in [1.54, 1.807) is 12.2 Å². The van der Waals surface area contributed by atoms with Gasteiger partial charge in [-0.1, -0.05) is 66.3 Å². The third kappa shape index (κ3) is 7.35. The number of aliphatic carboxylic acids is 2. The van der Waals surface area contributed by atoms with E-state index in [9.17, 15) is 19.8 Å². The third-order valence-electron chi connectivity index (χ3n) is 8.56. The van der Waals surface area contributed by atoms with E-state index in [4.69, 9.17) is 19.9 Å². The summed E-state index contributed by atoms with van der Waals surface area (Å²) in [7, 11) is 0. The molecule has 9 nitrogen and oxygen atoms in total. The average Bonchev–Trinajstić information content (AvgIpc) is 3.84. The van der Waals surface area contributed by atoms with Gasteiger partial charge in [0.15, 0.2) is 0 Å². The van der Waals surface area contributed by atoms with Crippen LogP contribution < -0.4 is 9.97 Å². The summed E-state index contributed by atoms with van der Waals surface area (Å²) >= 11 is 0. The van der Waals surface area contributed by atoms with Crippen LogP contribution in [0.2, 0.25) is 0 Å². The van der Waals surface area contributed by atoms with Gasteiger partial charge in [-0.3, -0.25) is 9.59 Å². The molecule has 0 atom stereocenters. The van der Waals surface area contributed by atoms with Crippen molar-refractivity contribution in [2.75, 3.05) is 0 Å². The minimum absolute atomic E-state index is 0. The van der Waals surface area contributed by atoms with Gasteiger partial charge < -0.3 is 25.2 Å². The fraction of sp³-hybridized carbons (Fsp3) is 0.211. The summed E-state index contributed by atoms with van der Waals surface area (Å²) in [5.74, 6) is -1.80. The topological polar surface area (TPSA) is 144 Å². The average molecular weight is 684 g/mol. The molecule has 0 saturated carbocycles. The van der Waals surface area contributed by atoms with E-state index < -0.39 is 11.9 Å². The van der Waals surface area contributed by atoms with Crippen LogP contribution >= 0.6 is 0 Å². The van der Waals surface area contributed by atoms with E-state index >= 15 is 0 Å². The second-order valence-electron chi connectivity index (χ2n) is 11.5. The quantitative estimate of drug-likeness (QED) is 0.160. The fourth-order valence-corrected chi connectivity index (χ4v) is 5.89. The van der Waals surface area contributed by atoms with Crippen molar-refractivity contribution in [1.29, 1.82) is 0 Å². The Balaban J connectivity index is 0.000000794. The zero-order valence-corrected chi connectivity index (χ0v) is 28.5. The Morgan fingerprint density at radius 2 is 1.27 bits per heavy atom. The first kappa shape index (κ1) is 35.7. The fourth-order valence-electron chi connectivity index (χ4n) is 5.89. The first-order valence-electron chi connectivity index (χ1n) is 15.3. The van der Waals surface area contributed by atoms with E-state index in [1.807, 2.05) is 76.5 Å². The number of nitrogens with zero attached hydrogens (tertiary/aromatic N) is 4. The summed E-state index contributed by atoms with van der Waals surface area (Å²) in [4.78, 5) is 45.6. The summed E-state index contributed by atoms with van der Waals surface area (Å²) in [6.45, 7) is 15.9. The second kappa shape index (κ2) is 15.1. The minimum atomic E-state index is -0.898. The van der Waals surface area contributed by atoms with Crippen molar-refractivity contribution in [3.05, 3.63) is 113 Å². The van der Waals surface area contributed by atoms with Crippen molar-refractivity contribution in [3.8, 4) is 0 Å². The SMILES string of the molecule is C=CC1=C(C)c2cc3[n-]c(cc4nc(cc5[n-]c(cc1n2)c(C)c5C=C)C(C)=C4CCC(=O)O)c(CCC(=O)O)c3C.[Fe+2].c1cc[nH]c1. The van der Waals surface area contributed by atoms with E-state index in [1.165, 1.54) is 0 Å². The van der Waals surface area contributed by atoms with E-state index in [0.29, 0.717) is 40.8 Å². The van der Waals surface area contributed by atoms with Gasteiger partial charge in [-0.25, -0.2) is 9.97 Å². The van der Waals surface area contributed by atoms with Crippen LogP contribution in [0.25, 0.3) is 50.4 Å². The molecule has 6 rings (SSSR count). The molecule has 8 bridgehead atoms. The predicted octanol–water partition coefficient (Wildman–Crippen LogP) is 7.77. The number of carboxylic acid groups (broad SMARTS) is 2. The molecule has 0 unspecified atom stereocenters. The molecule has 0 aliphatic carbocycles. The monoisotopic (exact) mass is 683 g/mol. The summed E-state index contributed by atoms with van der Waals surface area (Å²) in [5, 5.41) is 18.9. The van der Waals surface area contributed by atoms with Gasteiger partial charge in [0.25, 0.3) is 0 Å². The number of carbonyl (C=O) groups is 2. The number of H-pyrrole nitrogens is 1. The Morgan fingerprint density at radius 1 is 0.729 bits per heavy atom. The molecule has 6 heterocycles. The Hall–Kier alpha value is -5.18. The van der Waals surface area contributed by atoms with Gasteiger partial charge in [0.1, 0.15) is 0 Å². The molecular weight excluding hydrogens is 646 g/mol. The maximum absolute atomic E-state index is 11.5. The van der Waals surface area contributed by atoms with Gasteiger partial charge in [-0.05, 0) is 75.0 Å². The molecule has 0 radical (unpaired) electrons. The molecule has 0 spiro atoms. The van der Waals surface area contributed by atoms with E-state index in [2.05, 4.69) is 18.1 Å². The summed E-state index contributed by atoms with van der Waals surface area (Å²) in [6, 6.07) is 11.5. The van der Waals surface area contributed by atoms with Gasteiger partial charge in [0.05, 0.1) is 22.8 Å². The van der Waals surface area contributed by atoms with Gasteiger partial charge in [-0.15, -0.1) is 22.1 Å². The predicted molar refractivity (Wildman–Crippen MR) is 187 cm³/mol. The Morgan fingerprint density at radius 3 is 1.88 bits per heavy atom. The Labute approximate surface area is 289 Å². The Bertz CT molecular complexity index is 2110. The zero-order valence-electron chi connectivity index (χ0n) is 27.4. The molecule has 0 fully saturated rings. The molecule has 2 aliphatic rings. The van der Waals surface area contributed by atoms with Crippen LogP contribution in [0, 0.1) is 13.8 Å². The van der Waals surface area contributed by atoms with Gasteiger partial charge >= 0.3 is 29.0 Å². The molecule has 4 aromatic heterocycles. The number of fused-ring (bicyclic) bond motifs is 8. The molecule has 3 N–H and O–H groups in total. The van der Waals surface area contributed by atoms with E-state index in [-0.39, 0.29) is 29.9 Å². The molecule has 246 valence electrons.